The Kier molecular flexibility index (Phi) is 6.01. The van der Waals surface area contributed by atoms with Gasteiger partial charge in [0.1, 0.15) is 0 Å². The van der Waals surface area contributed by atoms with Crippen molar-refractivity contribution in [2.45, 2.75) is 58.0 Å². The van der Waals surface area contributed by atoms with E-state index in [4.69, 9.17) is 11.6 Å². The summed E-state index contributed by atoms with van der Waals surface area (Å²) in [6.45, 7) is 4.06. The third kappa shape index (κ3) is 4.69. The van der Waals surface area contributed by atoms with Crippen molar-refractivity contribution >= 4 is 11.6 Å². The van der Waals surface area contributed by atoms with E-state index in [1.54, 1.807) is 0 Å². The van der Waals surface area contributed by atoms with Crippen molar-refractivity contribution < 1.29 is 5.11 Å². The van der Waals surface area contributed by atoms with E-state index < -0.39 is 5.60 Å². The summed E-state index contributed by atoms with van der Waals surface area (Å²) >= 11 is 6.11. The highest BCUT2D eigenvalue weighted by atomic mass is 35.5. The molecule has 0 saturated heterocycles. The van der Waals surface area contributed by atoms with E-state index in [0.717, 1.165) is 18.4 Å². The number of hydrogen-bond donors (Lipinski definition) is 1. The van der Waals surface area contributed by atoms with Crippen molar-refractivity contribution in [1.29, 1.82) is 0 Å². The molecule has 1 nitrogen and oxygen atoms in total. The van der Waals surface area contributed by atoms with Crippen LogP contribution in [-0.4, -0.2) is 5.11 Å². The summed E-state index contributed by atoms with van der Waals surface area (Å²) in [5.74, 6) is 0. The number of halogens is 1. The maximum atomic E-state index is 10.4. The second kappa shape index (κ2) is 7.03. The molecule has 17 heavy (non-hydrogen) atoms. The molecule has 0 aromatic heterocycles. The van der Waals surface area contributed by atoms with Crippen LogP contribution in [0, 0.1) is 0 Å². The highest BCUT2D eigenvalue weighted by Gasteiger charge is 2.24. The van der Waals surface area contributed by atoms with Gasteiger partial charge in [0.2, 0.25) is 0 Å². The Morgan fingerprint density at radius 2 is 1.76 bits per heavy atom. The fraction of sp³-hybridized carbons (Fsp3) is 0.600. The number of unbranched alkanes of at least 4 members (excludes halogenated alkanes) is 4. The lowest BCUT2D eigenvalue weighted by Gasteiger charge is -2.25. The van der Waals surface area contributed by atoms with Crippen LogP contribution in [0.5, 0.6) is 0 Å². The van der Waals surface area contributed by atoms with Crippen LogP contribution in [0.3, 0.4) is 0 Å². The molecule has 0 aliphatic rings. The minimum atomic E-state index is -0.801. The van der Waals surface area contributed by atoms with Gasteiger partial charge in [-0.3, -0.25) is 0 Å². The summed E-state index contributed by atoms with van der Waals surface area (Å²) in [4.78, 5) is 0. The van der Waals surface area contributed by atoms with E-state index in [0.29, 0.717) is 5.02 Å². The first-order chi connectivity index (χ1) is 8.08. The Morgan fingerprint density at radius 3 is 2.41 bits per heavy atom. The second-order valence-electron chi connectivity index (χ2n) is 4.92. The molecule has 1 atom stereocenters. The minimum Gasteiger partial charge on any atom is -0.385 e. The molecule has 0 aliphatic heterocycles. The maximum absolute atomic E-state index is 10.4. The molecule has 0 saturated carbocycles. The standard InChI is InChI=1S/C15H23ClO/c1-3-4-5-6-9-12-15(2,17)13-10-7-8-11-14(13)16/h7-8,10-11,17H,3-6,9,12H2,1-2H3. The molecule has 0 fully saturated rings. The lowest BCUT2D eigenvalue weighted by Crippen LogP contribution is -2.21. The summed E-state index contributed by atoms with van der Waals surface area (Å²) in [6.07, 6.45) is 6.82. The predicted octanol–water partition coefficient (Wildman–Crippen LogP) is 4.91. The average Bonchev–Trinajstić information content (AvgIpc) is 2.29. The first-order valence-corrected chi connectivity index (χ1v) is 6.93. The van der Waals surface area contributed by atoms with Crippen LogP contribution in [-0.2, 0) is 5.60 Å². The second-order valence-corrected chi connectivity index (χ2v) is 5.33. The van der Waals surface area contributed by atoms with Gasteiger partial charge in [-0.05, 0) is 19.4 Å². The smallest absolute Gasteiger partial charge is 0.0882 e. The van der Waals surface area contributed by atoms with Gasteiger partial charge in [0.15, 0.2) is 0 Å². The molecule has 1 aromatic carbocycles. The summed E-state index contributed by atoms with van der Waals surface area (Å²) in [5, 5.41) is 11.1. The van der Waals surface area contributed by atoms with Crippen molar-refractivity contribution in [3.63, 3.8) is 0 Å². The van der Waals surface area contributed by atoms with E-state index >= 15 is 0 Å². The van der Waals surface area contributed by atoms with Crippen LogP contribution in [0.25, 0.3) is 0 Å². The Balaban J connectivity index is 2.48. The molecule has 0 radical (unpaired) electrons. The average molecular weight is 255 g/mol. The van der Waals surface area contributed by atoms with E-state index in [9.17, 15) is 5.11 Å². The fourth-order valence-corrected chi connectivity index (χ4v) is 2.44. The number of hydrogen-bond acceptors (Lipinski definition) is 1. The third-order valence-corrected chi connectivity index (χ3v) is 3.55. The zero-order valence-electron chi connectivity index (χ0n) is 10.9. The van der Waals surface area contributed by atoms with Gasteiger partial charge in [0.05, 0.1) is 5.60 Å². The first kappa shape index (κ1) is 14.5. The largest absolute Gasteiger partial charge is 0.385 e. The maximum Gasteiger partial charge on any atom is 0.0882 e. The molecule has 96 valence electrons. The zero-order chi connectivity index (χ0) is 12.7. The van der Waals surface area contributed by atoms with Crippen LogP contribution < -0.4 is 0 Å². The molecule has 0 heterocycles. The lowest BCUT2D eigenvalue weighted by atomic mass is 9.90. The first-order valence-electron chi connectivity index (χ1n) is 6.55. The molecular formula is C15H23ClO. The van der Waals surface area contributed by atoms with Crippen LogP contribution in [0.4, 0.5) is 0 Å². The quantitative estimate of drug-likeness (QED) is 0.686. The van der Waals surface area contributed by atoms with Crippen LogP contribution >= 0.6 is 11.6 Å². The molecule has 0 amide bonds. The molecule has 1 N–H and O–H groups in total. The molecule has 2 heteroatoms. The van der Waals surface area contributed by atoms with E-state index in [1.807, 2.05) is 31.2 Å². The molecule has 1 rings (SSSR count). The van der Waals surface area contributed by atoms with Crippen molar-refractivity contribution in [2.24, 2.45) is 0 Å². The van der Waals surface area contributed by atoms with Crippen molar-refractivity contribution in [3.05, 3.63) is 34.9 Å². The van der Waals surface area contributed by atoms with Crippen molar-refractivity contribution in [1.82, 2.24) is 0 Å². The van der Waals surface area contributed by atoms with E-state index in [1.165, 1.54) is 25.7 Å². The normalized spacial score (nSPS) is 14.6. The van der Waals surface area contributed by atoms with Crippen LogP contribution in [0.2, 0.25) is 5.02 Å². The summed E-state index contributed by atoms with van der Waals surface area (Å²) in [7, 11) is 0. The monoisotopic (exact) mass is 254 g/mol. The van der Waals surface area contributed by atoms with Crippen molar-refractivity contribution in [2.75, 3.05) is 0 Å². The predicted molar refractivity (Wildman–Crippen MR) is 74.4 cm³/mol. The van der Waals surface area contributed by atoms with Gasteiger partial charge in [-0.15, -0.1) is 0 Å². The van der Waals surface area contributed by atoms with Crippen LogP contribution in [0.15, 0.2) is 24.3 Å². The zero-order valence-corrected chi connectivity index (χ0v) is 11.6. The van der Waals surface area contributed by atoms with Gasteiger partial charge >= 0.3 is 0 Å². The van der Waals surface area contributed by atoms with Gasteiger partial charge < -0.3 is 5.11 Å². The SMILES string of the molecule is CCCCCCCC(C)(O)c1ccccc1Cl. The molecule has 1 unspecified atom stereocenters. The molecular weight excluding hydrogens is 232 g/mol. The molecule has 1 aromatic rings. The Hall–Kier alpha value is -0.530. The Morgan fingerprint density at radius 1 is 1.12 bits per heavy atom. The van der Waals surface area contributed by atoms with Gasteiger partial charge in [0.25, 0.3) is 0 Å². The minimum absolute atomic E-state index is 0.658. The van der Waals surface area contributed by atoms with E-state index in [-0.39, 0.29) is 0 Å². The van der Waals surface area contributed by atoms with Gasteiger partial charge in [-0.1, -0.05) is 68.8 Å². The molecule has 0 bridgehead atoms. The van der Waals surface area contributed by atoms with Gasteiger partial charge in [0, 0.05) is 10.6 Å². The molecule has 0 aliphatic carbocycles. The topological polar surface area (TPSA) is 20.2 Å². The highest BCUT2D eigenvalue weighted by Crippen LogP contribution is 2.32. The Bertz CT molecular complexity index is 333. The fourth-order valence-electron chi connectivity index (χ4n) is 2.11. The number of rotatable bonds is 7. The summed E-state index contributed by atoms with van der Waals surface area (Å²) < 4.78 is 0. The van der Waals surface area contributed by atoms with Crippen LogP contribution in [0.1, 0.15) is 57.9 Å². The van der Waals surface area contributed by atoms with Gasteiger partial charge in [-0.25, -0.2) is 0 Å². The lowest BCUT2D eigenvalue weighted by molar-refractivity contribution is 0.0449. The molecule has 0 spiro atoms. The third-order valence-electron chi connectivity index (χ3n) is 3.22. The summed E-state index contributed by atoms with van der Waals surface area (Å²) in [5.41, 5.74) is 0.0436. The van der Waals surface area contributed by atoms with Crippen molar-refractivity contribution in [3.8, 4) is 0 Å². The summed E-state index contributed by atoms with van der Waals surface area (Å²) in [6, 6.07) is 7.56. The van der Waals surface area contributed by atoms with Gasteiger partial charge in [-0.2, -0.15) is 0 Å². The number of aliphatic hydroxyl groups is 1. The highest BCUT2D eigenvalue weighted by molar-refractivity contribution is 6.31. The number of benzene rings is 1. The van der Waals surface area contributed by atoms with E-state index in [2.05, 4.69) is 6.92 Å². The Labute approximate surface area is 110 Å².